The molecule has 1 nitrogen and oxygen atoms in total. The number of aliphatic hydroxyl groups excluding tert-OH is 1. The van der Waals surface area contributed by atoms with Crippen molar-refractivity contribution in [3.8, 4) is 0 Å². The Labute approximate surface area is 64.2 Å². The molecule has 0 fully saturated rings. The van der Waals surface area contributed by atoms with E-state index in [9.17, 15) is 13.2 Å². The molecule has 4 heteroatoms. The molecule has 0 aliphatic heterocycles. The topological polar surface area (TPSA) is 20.2 Å². The maximum Gasteiger partial charge on any atom is 0.227 e. The summed E-state index contributed by atoms with van der Waals surface area (Å²) in [5.41, 5.74) is 0. The molecular formula is C7H13F3O. The lowest BCUT2D eigenvalue weighted by molar-refractivity contribution is -0.0308. The van der Waals surface area contributed by atoms with E-state index in [2.05, 4.69) is 0 Å². The largest absolute Gasteiger partial charge is 0.362 e. The first-order chi connectivity index (χ1) is 5.18. The van der Waals surface area contributed by atoms with Gasteiger partial charge in [-0.1, -0.05) is 12.8 Å². The van der Waals surface area contributed by atoms with Crippen LogP contribution >= 0.6 is 0 Å². The summed E-state index contributed by atoms with van der Waals surface area (Å²) in [5.74, 6) is 0. The van der Waals surface area contributed by atoms with Crippen LogP contribution < -0.4 is 0 Å². The molecule has 0 aliphatic rings. The minimum absolute atomic E-state index is 0.0301. The monoisotopic (exact) mass is 170 g/mol. The second kappa shape index (κ2) is 6.46. The predicted octanol–water partition coefficient (Wildman–Crippen LogP) is 2.14. The molecule has 0 aromatic carbocycles. The molecule has 1 N–H and O–H groups in total. The van der Waals surface area contributed by atoms with Gasteiger partial charge in [0.1, 0.15) is 0 Å². The quantitative estimate of drug-likeness (QED) is 0.605. The standard InChI is InChI=1S/C7H13F3O/c8-5-3-1-2-4-6(9)7(10)11/h6-7,11H,1-5H2. The van der Waals surface area contributed by atoms with E-state index in [1.54, 1.807) is 0 Å². The lowest BCUT2D eigenvalue weighted by atomic mass is 10.1. The van der Waals surface area contributed by atoms with Gasteiger partial charge in [-0.15, -0.1) is 0 Å². The van der Waals surface area contributed by atoms with Gasteiger partial charge in [0.2, 0.25) is 6.36 Å². The summed E-state index contributed by atoms with van der Waals surface area (Å²) in [4.78, 5) is 0. The Kier molecular flexibility index (Phi) is 6.31. The van der Waals surface area contributed by atoms with Crippen molar-refractivity contribution in [2.24, 2.45) is 0 Å². The highest BCUT2D eigenvalue weighted by Gasteiger charge is 2.15. The van der Waals surface area contributed by atoms with E-state index in [-0.39, 0.29) is 6.42 Å². The number of hydrogen-bond donors (Lipinski definition) is 1. The zero-order valence-electron chi connectivity index (χ0n) is 6.27. The smallest absolute Gasteiger partial charge is 0.227 e. The van der Waals surface area contributed by atoms with Crippen LogP contribution in [0, 0.1) is 0 Å². The summed E-state index contributed by atoms with van der Waals surface area (Å²) in [7, 11) is 0. The van der Waals surface area contributed by atoms with E-state index in [0.29, 0.717) is 19.3 Å². The summed E-state index contributed by atoms with van der Waals surface area (Å²) in [6.45, 7) is -0.421. The van der Waals surface area contributed by atoms with Gasteiger partial charge in [0.25, 0.3) is 0 Å². The first-order valence-electron chi connectivity index (χ1n) is 3.70. The Morgan fingerprint density at radius 1 is 1.09 bits per heavy atom. The van der Waals surface area contributed by atoms with Gasteiger partial charge >= 0.3 is 0 Å². The van der Waals surface area contributed by atoms with Crippen molar-refractivity contribution in [1.29, 1.82) is 0 Å². The average molecular weight is 170 g/mol. The molecule has 0 spiro atoms. The summed E-state index contributed by atoms with van der Waals surface area (Å²) in [6, 6.07) is 0. The van der Waals surface area contributed by atoms with Crippen molar-refractivity contribution < 1.29 is 18.3 Å². The third-order valence-corrected chi connectivity index (χ3v) is 1.41. The van der Waals surface area contributed by atoms with E-state index >= 15 is 0 Å². The highest BCUT2D eigenvalue weighted by Crippen LogP contribution is 2.10. The SMILES string of the molecule is OC(F)C(F)CCCCCF. The van der Waals surface area contributed by atoms with E-state index in [1.807, 2.05) is 0 Å². The van der Waals surface area contributed by atoms with Gasteiger partial charge in [0.15, 0.2) is 6.17 Å². The summed E-state index contributed by atoms with van der Waals surface area (Å²) in [6.07, 6.45) is -2.88. The number of rotatable bonds is 6. The zero-order chi connectivity index (χ0) is 8.69. The van der Waals surface area contributed by atoms with Crippen LogP contribution in [0.3, 0.4) is 0 Å². The summed E-state index contributed by atoms with van der Waals surface area (Å²) >= 11 is 0. The van der Waals surface area contributed by atoms with Gasteiger partial charge in [0, 0.05) is 0 Å². The lowest BCUT2D eigenvalue weighted by Gasteiger charge is -2.06. The molecule has 0 aromatic rings. The molecule has 0 bridgehead atoms. The van der Waals surface area contributed by atoms with E-state index in [4.69, 9.17) is 5.11 Å². The van der Waals surface area contributed by atoms with E-state index in [1.165, 1.54) is 0 Å². The van der Waals surface area contributed by atoms with Gasteiger partial charge < -0.3 is 5.11 Å². The first-order valence-corrected chi connectivity index (χ1v) is 3.70. The molecule has 11 heavy (non-hydrogen) atoms. The van der Waals surface area contributed by atoms with E-state index in [0.717, 1.165) is 0 Å². The second-order valence-corrected chi connectivity index (χ2v) is 2.43. The molecule has 68 valence electrons. The molecule has 0 radical (unpaired) electrons. The van der Waals surface area contributed by atoms with Crippen molar-refractivity contribution in [3.05, 3.63) is 0 Å². The van der Waals surface area contributed by atoms with Crippen LogP contribution in [0.25, 0.3) is 0 Å². The number of unbranched alkanes of at least 4 members (excludes halogenated alkanes) is 2. The molecule has 0 heterocycles. The fraction of sp³-hybridized carbons (Fsp3) is 1.00. The third-order valence-electron chi connectivity index (χ3n) is 1.41. The maximum absolute atomic E-state index is 12.2. The normalized spacial score (nSPS) is 16.4. The Bertz CT molecular complexity index is 87.8. The summed E-state index contributed by atoms with van der Waals surface area (Å²) in [5, 5.41) is 8.06. The minimum atomic E-state index is -2.39. The van der Waals surface area contributed by atoms with Crippen LogP contribution in [0.4, 0.5) is 13.2 Å². The van der Waals surface area contributed by atoms with Crippen LogP contribution in [-0.2, 0) is 0 Å². The van der Waals surface area contributed by atoms with Gasteiger partial charge in [-0.25, -0.2) is 8.78 Å². The number of halogens is 3. The Morgan fingerprint density at radius 2 is 1.73 bits per heavy atom. The van der Waals surface area contributed by atoms with Crippen molar-refractivity contribution in [3.63, 3.8) is 0 Å². The van der Waals surface area contributed by atoms with Crippen LogP contribution in [0.5, 0.6) is 0 Å². The molecule has 2 unspecified atom stereocenters. The average Bonchev–Trinajstić information content (AvgIpc) is 1.97. The number of aliphatic hydroxyl groups is 1. The van der Waals surface area contributed by atoms with Crippen LogP contribution in [0.1, 0.15) is 25.7 Å². The molecule has 0 aromatic heterocycles. The molecule has 0 rings (SSSR count). The highest BCUT2D eigenvalue weighted by atomic mass is 19.2. The van der Waals surface area contributed by atoms with Crippen molar-refractivity contribution in [2.45, 2.75) is 38.2 Å². The number of hydrogen-bond acceptors (Lipinski definition) is 1. The third kappa shape index (κ3) is 6.16. The molecule has 0 amide bonds. The van der Waals surface area contributed by atoms with Crippen LogP contribution in [0.2, 0.25) is 0 Å². The van der Waals surface area contributed by atoms with Gasteiger partial charge in [0.05, 0.1) is 6.67 Å². The first kappa shape index (κ1) is 10.8. The second-order valence-electron chi connectivity index (χ2n) is 2.43. The number of alkyl halides is 3. The Morgan fingerprint density at radius 3 is 2.18 bits per heavy atom. The fourth-order valence-corrected chi connectivity index (χ4v) is 0.748. The Hall–Kier alpha value is -0.250. The Balaban J connectivity index is 3.10. The van der Waals surface area contributed by atoms with Crippen molar-refractivity contribution >= 4 is 0 Å². The van der Waals surface area contributed by atoms with Crippen LogP contribution in [-0.4, -0.2) is 24.3 Å². The fourth-order valence-electron chi connectivity index (χ4n) is 0.748. The van der Waals surface area contributed by atoms with Crippen LogP contribution in [0.15, 0.2) is 0 Å². The predicted molar refractivity (Wildman–Crippen MR) is 36.5 cm³/mol. The van der Waals surface area contributed by atoms with Gasteiger partial charge in [-0.05, 0) is 12.8 Å². The zero-order valence-corrected chi connectivity index (χ0v) is 6.27. The van der Waals surface area contributed by atoms with E-state index < -0.39 is 19.2 Å². The molecular weight excluding hydrogens is 157 g/mol. The van der Waals surface area contributed by atoms with Crippen molar-refractivity contribution in [1.82, 2.24) is 0 Å². The van der Waals surface area contributed by atoms with Gasteiger partial charge in [-0.3, -0.25) is 4.39 Å². The van der Waals surface area contributed by atoms with Gasteiger partial charge in [-0.2, -0.15) is 0 Å². The lowest BCUT2D eigenvalue weighted by Crippen LogP contribution is -2.15. The molecule has 2 atom stereocenters. The minimum Gasteiger partial charge on any atom is -0.362 e. The molecule has 0 saturated heterocycles. The van der Waals surface area contributed by atoms with Crippen molar-refractivity contribution in [2.75, 3.05) is 6.67 Å². The molecule has 0 saturated carbocycles. The highest BCUT2D eigenvalue weighted by molar-refractivity contribution is 4.57. The maximum atomic E-state index is 12.2. The molecule has 0 aliphatic carbocycles. The summed E-state index contributed by atoms with van der Waals surface area (Å²) < 4.78 is 35.4.